The van der Waals surface area contributed by atoms with Crippen molar-refractivity contribution in [3.8, 4) is 11.5 Å². The lowest BCUT2D eigenvalue weighted by atomic mass is 10.0. The molecule has 0 aliphatic rings. The summed E-state index contributed by atoms with van der Waals surface area (Å²) in [5.74, 6) is 1.18. The van der Waals surface area contributed by atoms with Crippen LogP contribution in [0.5, 0.6) is 11.5 Å². The molecule has 0 atom stereocenters. The summed E-state index contributed by atoms with van der Waals surface area (Å²) in [5.41, 5.74) is 1.29. The number of nitro groups is 1. The molecule has 0 aliphatic heterocycles. The monoisotopic (exact) mass is 790 g/mol. The van der Waals surface area contributed by atoms with E-state index < -0.39 is 4.92 Å². The molecule has 2 rings (SSSR count). The van der Waals surface area contributed by atoms with Gasteiger partial charge < -0.3 is 9.47 Å². The third kappa shape index (κ3) is 27.2. The number of nitro benzene ring substituents is 1. The van der Waals surface area contributed by atoms with Crippen LogP contribution in [0.4, 0.5) is 5.69 Å². The van der Waals surface area contributed by atoms with Crippen molar-refractivity contribution in [3.63, 3.8) is 0 Å². The summed E-state index contributed by atoms with van der Waals surface area (Å²) in [6.07, 6.45) is 45.9. The smallest absolute Gasteiger partial charge is 0.269 e. The molecule has 0 heterocycles. The first-order valence-corrected chi connectivity index (χ1v) is 23.9. The molecule has 6 nitrogen and oxygen atoms in total. The summed E-state index contributed by atoms with van der Waals surface area (Å²) in [4.78, 5) is 23.7. The quantitative estimate of drug-likeness (QED) is 0.0221. The van der Waals surface area contributed by atoms with Crippen molar-refractivity contribution < 1.29 is 19.2 Å². The van der Waals surface area contributed by atoms with E-state index in [-0.39, 0.29) is 11.5 Å². The Balaban J connectivity index is 1.68. The Kier molecular flexibility index (Phi) is 31.5. The minimum Gasteiger partial charge on any atom is -0.490 e. The van der Waals surface area contributed by atoms with E-state index in [0.29, 0.717) is 30.3 Å². The van der Waals surface area contributed by atoms with Gasteiger partial charge in [0.25, 0.3) is 5.69 Å². The number of hydrogen-bond donors (Lipinski definition) is 0. The lowest BCUT2D eigenvalue weighted by Crippen LogP contribution is -2.04. The maximum Gasteiger partial charge on any atom is 0.269 e. The Labute approximate surface area is 349 Å². The summed E-state index contributed by atoms with van der Waals surface area (Å²) in [5, 5.41) is 11.0. The zero-order chi connectivity index (χ0) is 40.9. The maximum absolute atomic E-state index is 13.1. The molecule has 6 heteroatoms. The van der Waals surface area contributed by atoms with Crippen LogP contribution < -0.4 is 9.47 Å². The second kappa shape index (κ2) is 36.0. The Hall–Kier alpha value is -3.15. The van der Waals surface area contributed by atoms with Gasteiger partial charge in [0.2, 0.25) is 0 Å². The molecule has 0 N–H and O–H groups in total. The van der Waals surface area contributed by atoms with Crippen molar-refractivity contribution in [2.75, 3.05) is 13.2 Å². The van der Waals surface area contributed by atoms with Gasteiger partial charge in [-0.2, -0.15) is 0 Å². The van der Waals surface area contributed by atoms with E-state index in [9.17, 15) is 14.9 Å². The first-order chi connectivity index (χ1) is 28.0. The zero-order valence-corrected chi connectivity index (χ0v) is 36.7. The normalized spacial score (nSPS) is 11.4. The number of non-ortho nitro benzene ring substituents is 1. The number of hydrogen-bond acceptors (Lipinski definition) is 5. The molecule has 2 aromatic carbocycles. The van der Waals surface area contributed by atoms with E-state index in [1.165, 1.54) is 198 Å². The molecule has 322 valence electrons. The largest absolute Gasteiger partial charge is 0.490 e. The maximum atomic E-state index is 13.1. The Morgan fingerprint density at radius 1 is 0.491 bits per heavy atom. The van der Waals surface area contributed by atoms with Crippen LogP contribution in [0.3, 0.4) is 0 Å². The molecule has 0 spiro atoms. The number of benzene rings is 2. The van der Waals surface area contributed by atoms with Gasteiger partial charge in [-0.3, -0.25) is 14.9 Å². The van der Waals surface area contributed by atoms with Crippen molar-refractivity contribution >= 4 is 17.5 Å². The SMILES string of the molecule is CCCCCCCCCCCCCCCCCCOc1ccc(C(=O)/C=C/c2ccc([N+](=O)[O-])cc2)cc1OCCCCCCCCCCCCCCCCCC. The van der Waals surface area contributed by atoms with Crippen LogP contribution in [0.15, 0.2) is 48.5 Å². The summed E-state index contributed by atoms with van der Waals surface area (Å²) in [7, 11) is 0. The van der Waals surface area contributed by atoms with Crippen LogP contribution in [0.25, 0.3) is 6.08 Å². The van der Waals surface area contributed by atoms with Gasteiger partial charge in [-0.15, -0.1) is 0 Å². The van der Waals surface area contributed by atoms with Gasteiger partial charge >= 0.3 is 0 Å². The lowest BCUT2D eigenvalue weighted by molar-refractivity contribution is -0.384. The third-order valence-electron chi connectivity index (χ3n) is 11.3. The number of carbonyl (C=O) groups excluding carboxylic acids is 1. The fourth-order valence-electron chi connectivity index (χ4n) is 7.53. The fraction of sp³-hybridized carbons (Fsp3) is 0.706. The minimum atomic E-state index is -0.426. The zero-order valence-electron chi connectivity index (χ0n) is 36.7. The Morgan fingerprint density at radius 3 is 1.21 bits per heavy atom. The molecule has 0 fully saturated rings. The molecule has 0 saturated carbocycles. The fourth-order valence-corrected chi connectivity index (χ4v) is 7.53. The van der Waals surface area contributed by atoms with Crippen LogP contribution in [0, 0.1) is 10.1 Å². The van der Waals surface area contributed by atoms with Crippen LogP contribution in [-0.2, 0) is 0 Å². The van der Waals surface area contributed by atoms with Gasteiger partial charge in [-0.05, 0) is 54.8 Å². The molecular weight excluding hydrogens is 707 g/mol. The summed E-state index contributed by atoms with van der Waals surface area (Å²) < 4.78 is 12.5. The number of unbranched alkanes of at least 4 members (excludes halogenated alkanes) is 30. The highest BCUT2D eigenvalue weighted by molar-refractivity contribution is 6.07. The molecule has 0 aromatic heterocycles. The van der Waals surface area contributed by atoms with E-state index in [2.05, 4.69) is 13.8 Å². The second-order valence-corrected chi connectivity index (χ2v) is 16.5. The number of ketones is 1. The Bertz CT molecular complexity index is 1290. The highest BCUT2D eigenvalue weighted by atomic mass is 16.6. The van der Waals surface area contributed by atoms with E-state index in [1.54, 1.807) is 30.3 Å². The molecule has 2 aromatic rings. The predicted molar refractivity (Wildman–Crippen MR) is 243 cm³/mol. The second-order valence-electron chi connectivity index (χ2n) is 16.5. The summed E-state index contributed by atoms with van der Waals surface area (Å²) >= 11 is 0. The first kappa shape index (κ1) is 50.0. The van der Waals surface area contributed by atoms with E-state index in [0.717, 1.165) is 31.2 Å². The van der Waals surface area contributed by atoms with Crippen molar-refractivity contribution in [2.24, 2.45) is 0 Å². The van der Waals surface area contributed by atoms with E-state index in [1.807, 2.05) is 6.07 Å². The van der Waals surface area contributed by atoms with Gasteiger partial charge in [0.1, 0.15) is 0 Å². The van der Waals surface area contributed by atoms with Crippen LogP contribution >= 0.6 is 0 Å². The first-order valence-electron chi connectivity index (χ1n) is 23.9. The van der Waals surface area contributed by atoms with Crippen molar-refractivity contribution in [1.82, 2.24) is 0 Å². The van der Waals surface area contributed by atoms with Crippen molar-refractivity contribution in [1.29, 1.82) is 0 Å². The minimum absolute atomic E-state index is 0.0276. The molecule has 0 radical (unpaired) electrons. The lowest BCUT2D eigenvalue weighted by Gasteiger charge is -2.14. The summed E-state index contributed by atoms with van der Waals surface area (Å²) in [6, 6.07) is 11.6. The van der Waals surface area contributed by atoms with Gasteiger partial charge in [-0.25, -0.2) is 0 Å². The number of nitrogens with zero attached hydrogens (tertiary/aromatic N) is 1. The van der Waals surface area contributed by atoms with Crippen LogP contribution in [0.2, 0.25) is 0 Å². The highest BCUT2D eigenvalue weighted by Gasteiger charge is 2.11. The molecule has 0 unspecified atom stereocenters. The average molecular weight is 790 g/mol. The molecular formula is C51H83NO5. The Morgan fingerprint density at radius 2 is 0.842 bits per heavy atom. The van der Waals surface area contributed by atoms with E-state index in [4.69, 9.17) is 9.47 Å². The van der Waals surface area contributed by atoms with Crippen molar-refractivity contribution in [3.05, 3.63) is 69.8 Å². The van der Waals surface area contributed by atoms with Gasteiger partial charge in [0.05, 0.1) is 18.1 Å². The number of ether oxygens (including phenoxy) is 2. The molecule has 0 bridgehead atoms. The highest BCUT2D eigenvalue weighted by Crippen LogP contribution is 2.30. The molecule has 0 saturated heterocycles. The van der Waals surface area contributed by atoms with Gasteiger partial charge in [-0.1, -0.05) is 213 Å². The van der Waals surface area contributed by atoms with Crippen molar-refractivity contribution in [2.45, 2.75) is 219 Å². The molecule has 0 aliphatic carbocycles. The van der Waals surface area contributed by atoms with Crippen LogP contribution in [-0.4, -0.2) is 23.9 Å². The van der Waals surface area contributed by atoms with Gasteiger partial charge in [0.15, 0.2) is 17.3 Å². The molecule has 0 amide bonds. The van der Waals surface area contributed by atoms with Gasteiger partial charge in [0, 0.05) is 17.7 Å². The summed E-state index contributed by atoms with van der Waals surface area (Å²) in [6.45, 7) is 5.81. The van der Waals surface area contributed by atoms with E-state index >= 15 is 0 Å². The standard InChI is InChI=1S/C51H83NO5/c1-3-5-7-9-11-13-15-17-19-21-23-25-27-29-31-33-43-56-50-42-38-47(49(53)41-37-46-35-39-48(40-36-46)52(54)55)45-51(50)57-44-34-32-30-28-26-24-22-20-18-16-14-12-10-8-6-4-2/h35-42,45H,3-34,43-44H2,1-2H3/b41-37+. The number of carbonyl (C=O) groups is 1. The molecule has 57 heavy (non-hydrogen) atoms. The average Bonchev–Trinajstić information content (AvgIpc) is 3.22. The van der Waals surface area contributed by atoms with Crippen LogP contribution in [0.1, 0.15) is 235 Å². The predicted octanol–water partition coefficient (Wildman–Crippen LogP) is 16.8. The number of allylic oxidation sites excluding steroid dienone is 1. The third-order valence-corrected chi connectivity index (χ3v) is 11.3. The topological polar surface area (TPSA) is 78.7 Å². The number of rotatable bonds is 40.